The zero-order valence-corrected chi connectivity index (χ0v) is 17.0. The predicted octanol–water partition coefficient (Wildman–Crippen LogP) is 2.42. The molecule has 1 rings (SSSR count). The van der Waals surface area contributed by atoms with Gasteiger partial charge < -0.3 is 14.8 Å². The van der Waals surface area contributed by atoms with Crippen LogP contribution in [0.2, 0.25) is 0 Å². The van der Waals surface area contributed by atoms with Crippen molar-refractivity contribution in [3.05, 3.63) is 23.8 Å². The Balaban J connectivity index is 3.01. The van der Waals surface area contributed by atoms with E-state index in [0.717, 1.165) is 0 Å². The number of rotatable bonds is 10. The van der Waals surface area contributed by atoms with E-state index in [-0.39, 0.29) is 35.9 Å². The van der Waals surface area contributed by atoms with Crippen LogP contribution in [-0.2, 0) is 14.8 Å². The Bertz CT molecular complexity index is 765. The summed E-state index contributed by atoms with van der Waals surface area (Å²) in [6.45, 7) is 3.61. The first-order valence-corrected chi connectivity index (χ1v) is 10.0. The monoisotopic (exact) mass is 426 g/mol. The van der Waals surface area contributed by atoms with Crippen molar-refractivity contribution in [2.24, 2.45) is 0 Å². The Labute approximate surface area is 162 Å². The highest BCUT2D eigenvalue weighted by atomic mass is 32.2. The maximum absolute atomic E-state index is 12.7. The molecular weight excluding hydrogens is 401 g/mol. The van der Waals surface area contributed by atoms with Crippen molar-refractivity contribution in [1.29, 1.82) is 0 Å². The molecule has 1 atom stereocenters. The topological polar surface area (TPSA) is 84.9 Å². The lowest BCUT2D eigenvalue weighted by Gasteiger charge is -2.20. The van der Waals surface area contributed by atoms with Gasteiger partial charge in [-0.25, -0.2) is 8.42 Å². The summed E-state index contributed by atoms with van der Waals surface area (Å²) in [5.41, 5.74) is -0.0431. The summed E-state index contributed by atoms with van der Waals surface area (Å²) in [7, 11) is -2.47. The summed E-state index contributed by atoms with van der Waals surface area (Å²) >= 11 is 0. The molecular formula is C17H25F3N2O5S. The van der Waals surface area contributed by atoms with Crippen LogP contribution < -0.4 is 10.1 Å². The number of benzene rings is 1. The highest BCUT2D eigenvalue weighted by Gasteiger charge is 2.28. The third-order valence-electron chi connectivity index (χ3n) is 3.77. The van der Waals surface area contributed by atoms with Gasteiger partial charge in [-0.05, 0) is 25.1 Å². The molecule has 0 saturated heterocycles. The highest BCUT2D eigenvalue weighted by molar-refractivity contribution is 7.89. The second-order valence-corrected chi connectivity index (χ2v) is 7.89. The Hall–Kier alpha value is -1.85. The molecule has 0 aliphatic rings. The third-order valence-corrected chi connectivity index (χ3v) is 5.82. The van der Waals surface area contributed by atoms with Crippen LogP contribution in [0.1, 0.15) is 31.1 Å². The van der Waals surface area contributed by atoms with Crippen molar-refractivity contribution < 1.29 is 35.9 Å². The van der Waals surface area contributed by atoms with Crippen LogP contribution in [0, 0.1) is 0 Å². The van der Waals surface area contributed by atoms with Crippen LogP contribution >= 0.6 is 0 Å². The van der Waals surface area contributed by atoms with Crippen LogP contribution in [0.4, 0.5) is 13.2 Å². The van der Waals surface area contributed by atoms with Crippen molar-refractivity contribution >= 4 is 15.9 Å². The van der Waals surface area contributed by atoms with Gasteiger partial charge in [0.25, 0.3) is 5.91 Å². The molecule has 0 heterocycles. The number of amides is 1. The average Bonchev–Trinajstić information content (AvgIpc) is 2.60. The Kier molecular flexibility index (Phi) is 8.71. The van der Waals surface area contributed by atoms with Gasteiger partial charge in [0, 0.05) is 19.1 Å². The molecule has 0 aliphatic carbocycles. The van der Waals surface area contributed by atoms with Gasteiger partial charge in [-0.15, -0.1) is 0 Å². The number of hydrogen-bond donors (Lipinski definition) is 1. The number of methoxy groups -OCH3 is 1. The lowest BCUT2D eigenvalue weighted by Crippen LogP contribution is -2.37. The van der Waals surface area contributed by atoms with Crippen LogP contribution in [0.5, 0.6) is 5.75 Å². The van der Waals surface area contributed by atoms with Gasteiger partial charge in [-0.3, -0.25) is 4.79 Å². The maximum atomic E-state index is 12.7. The van der Waals surface area contributed by atoms with Crippen molar-refractivity contribution in [2.45, 2.75) is 37.9 Å². The first-order valence-electron chi connectivity index (χ1n) is 8.59. The number of carbonyl (C=O) groups is 1. The number of hydrogen-bond acceptors (Lipinski definition) is 5. The van der Waals surface area contributed by atoms with E-state index in [1.807, 2.05) is 0 Å². The molecule has 1 amide bonds. The minimum atomic E-state index is -4.46. The molecule has 1 aromatic carbocycles. The second-order valence-electron chi connectivity index (χ2n) is 5.96. The zero-order chi connectivity index (χ0) is 21.5. The summed E-state index contributed by atoms with van der Waals surface area (Å²) in [5, 5.41) is 2.47. The van der Waals surface area contributed by atoms with Crippen molar-refractivity contribution in [3.63, 3.8) is 0 Å². The molecule has 1 N–H and O–H groups in total. The Morgan fingerprint density at radius 3 is 2.36 bits per heavy atom. The summed E-state index contributed by atoms with van der Waals surface area (Å²) in [6.07, 6.45) is -4.46. The maximum Gasteiger partial charge on any atom is 0.411 e. The van der Waals surface area contributed by atoms with Crippen LogP contribution in [0.3, 0.4) is 0 Å². The number of nitrogens with zero attached hydrogens (tertiary/aromatic N) is 1. The summed E-state index contributed by atoms with van der Waals surface area (Å²) in [5.74, 6) is -0.545. The average molecular weight is 426 g/mol. The lowest BCUT2D eigenvalue weighted by molar-refractivity contribution is -0.174. The Morgan fingerprint density at radius 1 is 1.25 bits per heavy atom. The van der Waals surface area contributed by atoms with Crippen molar-refractivity contribution in [2.75, 3.05) is 33.4 Å². The van der Waals surface area contributed by atoms with E-state index in [1.54, 1.807) is 13.8 Å². The molecule has 0 aliphatic heterocycles. The number of sulfonamides is 1. The third kappa shape index (κ3) is 6.64. The van der Waals surface area contributed by atoms with Gasteiger partial charge >= 0.3 is 6.18 Å². The predicted molar refractivity (Wildman–Crippen MR) is 96.9 cm³/mol. The fraction of sp³-hybridized carbons (Fsp3) is 0.588. The quantitative estimate of drug-likeness (QED) is 0.621. The largest absolute Gasteiger partial charge is 0.496 e. The van der Waals surface area contributed by atoms with Crippen molar-refractivity contribution in [3.8, 4) is 5.75 Å². The molecule has 11 heteroatoms. The van der Waals surface area contributed by atoms with E-state index < -0.39 is 34.8 Å². The number of ether oxygens (including phenoxy) is 2. The normalized spacial score (nSPS) is 13.4. The molecule has 0 fully saturated rings. The SMILES string of the molecule is CCN(CC)S(=O)(=O)c1ccc(OC)c(C(=O)NC(C)COCC(F)(F)F)c1. The molecule has 0 saturated carbocycles. The smallest absolute Gasteiger partial charge is 0.411 e. The molecule has 7 nitrogen and oxygen atoms in total. The van der Waals surface area contributed by atoms with Crippen LogP contribution in [0.15, 0.2) is 23.1 Å². The zero-order valence-electron chi connectivity index (χ0n) is 16.2. The van der Waals surface area contributed by atoms with Gasteiger partial charge in [-0.2, -0.15) is 17.5 Å². The van der Waals surface area contributed by atoms with Gasteiger partial charge in [0.2, 0.25) is 10.0 Å². The van der Waals surface area contributed by atoms with E-state index in [9.17, 15) is 26.4 Å². The lowest BCUT2D eigenvalue weighted by atomic mass is 10.1. The van der Waals surface area contributed by atoms with E-state index in [2.05, 4.69) is 10.1 Å². The van der Waals surface area contributed by atoms with Gasteiger partial charge in [0.1, 0.15) is 12.4 Å². The first kappa shape index (κ1) is 24.2. The molecule has 0 aromatic heterocycles. The summed E-state index contributed by atoms with van der Waals surface area (Å²) in [6, 6.07) is 3.14. The van der Waals surface area contributed by atoms with Crippen LogP contribution in [-0.4, -0.2) is 64.3 Å². The summed E-state index contributed by atoms with van der Waals surface area (Å²) in [4.78, 5) is 12.4. The molecule has 160 valence electrons. The molecule has 1 aromatic rings. The minimum absolute atomic E-state index is 0.0431. The van der Waals surface area contributed by atoms with Crippen LogP contribution in [0.25, 0.3) is 0 Å². The van der Waals surface area contributed by atoms with E-state index in [0.29, 0.717) is 0 Å². The fourth-order valence-electron chi connectivity index (χ4n) is 2.43. The summed E-state index contributed by atoms with van der Waals surface area (Å²) < 4.78 is 72.5. The number of alkyl halides is 3. The number of nitrogens with one attached hydrogen (secondary N) is 1. The second kappa shape index (κ2) is 10.1. The van der Waals surface area contributed by atoms with E-state index in [4.69, 9.17) is 4.74 Å². The molecule has 0 spiro atoms. The van der Waals surface area contributed by atoms with E-state index >= 15 is 0 Å². The highest BCUT2D eigenvalue weighted by Crippen LogP contribution is 2.25. The molecule has 1 unspecified atom stereocenters. The van der Waals surface area contributed by atoms with Gasteiger partial charge in [0.15, 0.2) is 0 Å². The molecule has 0 radical (unpaired) electrons. The number of halogens is 3. The fourth-order valence-corrected chi connectivity index (χ4v) is 3.92. The molecule has 28 heavy (non-hydrogen) atoms. The van der Waals surface area contributed by atoms with Gasteiger partial charge in [-0.1, -0.05) is 13.8 Å². The Morgan fingerprint density at radius 2 is 1.86 bits per heavy atom. The minimum Gasteiger partial charge on any atom is -0.496 e. The standard InChI is InChI=1S/C17H25F3N2O5S/c1-5-22(6-2)28(24,25)13-7-8-15(26-4)14(9-13)16(23)21-12(3)10-27-11-17(18,19)20/h7-9,12H,5-6,10-11H2,1-4H3,(H,21,23). The first-order chi connectivity index (χ1) is 13.0. The van der Waals surface area contributed by atoms with Gasteiger partial charge in [0.05, 0.1) is 24.2 Å². The van der Waals surface area contributed by atoms with Crippen molar-refractivity contribution in [1.82, 2.24) is 9.62 Å². The molecule has 0 bridgehead atoms. The van der Waals surface area contributed by atoms with E-state index in [1.165, 1.54) is 36.5 Å². The number of carbonyl (C=O) groups excluding carboxylic acids is 1.